The molecule has 2 aromatic rings. The number of aromatic nitrogens is 2. The van der Waals surface area contributed by atoms with Crippen LogP contribution in [0, 0.1) is 0 Å². The molecule has 1 aromatic heterocycles. The Labute approximate surface area is 117 Å². The standard InChI is InChI=1S/C14H14ClN3O/c1-2-19-18-14(9-13-10-16-7-8-17-13)11-3-5-12(15)6-4-11/h3-8,10H,2,9H2,1H3. The second kappa shape index (κ2) is 6.85. The van der Waals surface area contributed by atoms with Crippen molar-refractivity contribution < 1.29 is 4.84 Å². The molecule has 98 valence electrons. The molecule has 0 saturated carbocycles. The molecular formula is C14H14ClN3O. The first kappa shape index (κ1) is 13.5. The normalized spacial score (nSPS) is 11.4. The number of halogens is 1. The van der Waals surface area contributed by atoms with E-state index >= 15 is 0 Å². The fraction of sp³-hybridized carbons (Fsp3) is 0.214. The summed E-state index contributed by atoms with van der Waals surface area (Å²) >= 11 is 5.89. The molecule has 1 aromatic carbocycles. The first-order valence-electron chi connectivity index (χ1n) is 5.99. The van der Waals surface area contributed by atoms with Gasteiger partial charge in [0.05, 0.1) is 11.4 Å². The Kier molecular flexibility index (Phi) is 4.86. The smallest absolute Gasteiger partial charge is 0.114 e. The molecule has 0 aliphatic carbocycles. The van der Waals surface area contributed by atoms with E-state index in [-0.39, 0.29) is 0 Å². The van der Waals surface area contributed by atoms with E-state index in [9.17, 15) is 0 Å². The number of nitrogens with zero attached hydrogens (tertiary/aromatic N) is 3. The molecule has 0 radical (unpaired) electrons. The topological polar surface area (TPSA) is 47.4 Å². The third-order valence-corrected chi connectivity index (χ3v) is 2.70. The van der Waals surface area contributed by atoms with Crippen molar-refractivity contribution in [1.29, 1.82) is 0 Å². The van der Waals surface area contributed by atoms with Crippen molar-refractivity contribution in [3.63, 3.8) is 0 Å². The summed E-state index contributed by atoms with van der Waals surface area (Å²) in [6.45, 7) is 2.42. The zero-order chi connectivity index (χ0) is 13.5. The van der Waals surface area contributed by atoms with Crippen molar-refractivity contribution in [2.75, 3.05) is 6.61 Å². The third kappa shape index (κ3) is 4.03. The molecule has 0 N–H and O–H groups in total. The Morgan fingerprint density at radius 3 is 2.68 bits per heavy atom. The summed E-state index contributed by atoms with van der Waals surface area (Å²) in [5.41, 5.74) is 2.61. The minimum atomic E-state index is 0.525. The number of benzene rings is 1. The van der Waals surface area contributed by atoms with E-state index in [0.717, 1.165) is 17.0 Å². The highest BCUT2D eigenvalue weighted by Crippen LogP contribution is 2.12. The quantitative estimate of drug-likeness (QED) is 0.622. The monoisotopic (exact) mass is 275 g/mol. The van der Waals surface area contributed by atoms with Gasteiger partial charge in [0.2, 0.25) is 0 Å². The maximum atomic E-state index is 5.89. The van der Waals surface area contributed by atoms with Crippen LogP contribution < -0.4 is 0 Å². The molecule has 1 heterocycles. The number of rotatable bonds is 5. The lowest BCUT2D eigenvalue weighted by Gasteiger charge is -2.06. The minimum absolute atomic E-state index is 0.525. The van der Waals surface area contributed by atoms with Gasteiger partial charge >= 0.3 is 0 Å². The van der Waals surface area contributed by atoms with Crippen molar-refractivity contribution in [2.24, 2.45) is 5.16 Å². The van der Waals surface area contributed by atoms with Crippen LogP contribution in [0.15, 0.2) is 48.0 Å². The average Bonchev–Trinajstić information content (AvgIpc) is 2.45. The van der Waals surface area contributed by atoms with E-state index in [4.69, 9.17) is 16.4 Å². The van der Waals surface area contributed by atoms with Gasteiger partial charge in [-0.15, -0.1) is 0 Å². The molecular weight excluding hydrogens is 262 g/mol. The van der Waals surface area contributed by atoms with Crippen molar-refractivity contribution >= 4 is 17.3 Å². The summed E-state index contributed by atoms with van der Waals surface area (Å²) in [6, 6.07) is 7.48. The SMILES string of the molecule is CCON=C(Cc1cnccn1)c1ccc(Cl)cc1. The first-order chi connectivity index (χ1) is 9.29. The van der Waals surface area contributed by atoms with Gasteiger partial charge in [0.15, 0.2) is 0 Å². The van der Waals surface area contributed by atoms with Crippen LogP contribution in [0.2, 0.25) is 5.02 Å². The van der Waals surface area contributed by atoms with E-state index in [2.05, 4.69) is 15.1 Å². The second-order valence-corrected chi connectivity index (χ2v) is 4.27. The van der Waals surface area contributed by atoms with Gasteiger partial charge in [0.25, 0.3) is 0 Å². The molecule has 4 nitrogen and oxygen atoms in total. The molecule has 0 saturated heterocycles. The van der Waals surface area contributed by atoms with Gasteiger partial charge in [0, 0.05) is 30.0 Å². The molecule has 0 aliphatic rings. The van der Waals surface area contributed by atoms with E-state index in [1.807, 2.05) is 31.2 Å². The van der Waals surface area contributed by atoms with Crippen molar-refractivity contribution in [3.8, 4) is 0 Å². The molecule has 5 heteroatoms. The van der Waals surface area contributed by atoms with Crippen LogP contribution in [0.4, 0.5) is 0 Å². The van der Waals surface area contributed by atoms with Crippen molar-refractivity contribution in [3.05, 3.63) is 59.1 Å². The van der Waals surface area contributed by atoms with Crippen LogP contribution in [-0.4, -0.2) is 22.3 Å². The van der Waals surface area contributed by atoms with Crippen LogP contribution >= 0.6 is 11.6 Å². The number of hydrogen-bond acceptors (Lipinski definition) is 4. The molecule has 0 bridgehead atoms. The van der Waals surface area contributed by atoms with Gasteiger partial charge in [-0.1, -0.05) is 28.9 Å². The molecule has 2 rings (SSSR count). The molecule has 0 aliphatic heterocycles. The maximum Gasteiger partial charge on any atom is 0.114 e. The lowest BCUT2D eigenvalue weighted by Crippen LogP contribution is -2.08. The van der Waals surface area contributed by atoms with Crippen LogP contribution in [0.3, 0.4) is 0 Å². The third-order valence-electron chi connectivity index (χ3n) is 2.45. The van der Waals surface area contributed by atoms with Crippen molar-refractivity contribution in [2.45, 2.75) is 13.3 Å². The van der Waals surface area contributed by atoms with Crippen LogP contribution in [0.25, 0.3) is 0 Å². The van der Waals surface area contributed by atoms with Crippen LogP contribution in [0.5, 0.6) is 0 Å². The molecule has 0 amide bonds. The fourth-order valence-corrected chi connectivity index (χ4v) is 1.69. The van der Waals surface area contributed by atoms with Gasteiger partial charge in [0.1, 0.15) is 6.61 Å². The van der Waals surface area contributed by atoms with Gasteiger partial charge in [-0.3, -0.25) is 9.97 Å². The first-order valence-corrected chi connectivity index (χ1v) is 6.37. The average molecular weight is 276 g/mol. The minimum Gasteiger partial charge on any atom is -0.396 e. The van der Waals surface area contributed by atoms with Gasteiger partial charge in [-0.2, -0.15) is 0 Å². The van der Waals surface area contributed by atoms with E-state index in [1.165, 1.54) is 0 Å². The van der Waals surface area contributed by atoms with E-state index in [0.29, 0.717) is 18.1 Å². The highest BCUT2D eigenvalue weighted by molar-refractivity contribution is 6.30. The molecule has 0 atom stereocenters. The Morgan fingerprint density at radius 2 is 2.05 bits per heavy atom. The van der Waals surface area contributed by atoms with Crippen LogP contribution in [-0.2, 0) is 11.3 Å². The maximum absolute atomic E-state index is 5.89. The van der Waals surface area contributed by atoms with Gasteiger partial charge < -0.3 is 4.84 Å². The van der Waals surface area contributed by atoms with Crippen LogP contribution in [0.1, 0.15) is 18.2 Å². The number of oxime groups is 1. The Hall–Kier alpha value is -1.94. The molecule has 19 heavy (non-hydrogen) atoms. The lowest BCUT2D eigenvalue weighted by atomic mass is 10.1. The van der Waals surface area contributed by atoms with E-state index in [1.54, 1.807) is 18.6 Å². The second-order valence-electron chi connectivity index (χ2n) is 3.84. The summed E-state index contributed by atoms with van der Waals surface area (Å²) in [7, 11) is 0. The Bertz CT molecular complexity index is 540. The van der Waals surface area contributed by atoms with Gasteiger partial charge in [-0.25, -0.2) is 0 Å². The Morgan fingerprint density at radius 1 is 1.26 bits per heavy atom. The summed E-state index contributed by atoms with van der Waals surface area (Å²) in [5.74, 6) is 0. The number of hydrogen-bond donors (Lipinski definition) is 0. The zero-order valence-corrected chi connectivity index (χ0v) is 11.3. The Balaban J connectivity index is 2.24. The predicted octanol–water partition coefficient (Wildman–Crippen LogP) is 3.11. The predicted molar refractivity (Wildman–Crippen MR) is 75.4 cm³/mol. The van der Waals surface area contributed by atoms with Gasteiger partial charge in [-0.05, 0) is 24.6 Å². The lowest BCUT2D eigenvalue weighted by molar-refractivity contribution is 0.158. The van der Waals surface area contributed by atoms with E-state index < -0.39 is 0 Å². The molecule has 0 spiro atoms. The summed E-state index contributed by atoms with van der Waals surface area (Å²) in [5, 5.41) is 4.84. The zero-order valence-electron chi connectivity index (χ0n) is 10.6. The fourth-order valence-electron chi connectivity index (χ4n) is 1.56. The summed E-state index contributed by atoms with van der Waals surface area (Å²) in [6.07, 6.45) is 5.59. The highest BCUT2D eigenvalue weighted by Gasteiger charge is 2.07. The summed E-state index contributed by atoms with van der Waals surface area (Å²) < 4.78 is 0. The highest BCUT2D eigenvalue weighted by atomic mass is 35.5. The van der Waals surface area contributed by atoms with Crippen molar-refractivity contribution in [1.82, 2.24) is 9.97 Å². The summed E-state index contributed by atoms with van der Waals surface area (Å²) in [4.78, 5) is 13.5. The molecule has 0 fully saturated rings. The molecule has 0 unspecified atom stereocenters. The largest absolute Gasteiger partial charge is 0.396 e.